The molecule has 0 aliphatic heterocycles. The average Bonchev–Trinajstić information content (AvgIpc) is 2.94. The van der Waals surface area contributed by atoms with Crippen molar-refractivity contribution in [3.8, 4) is 0 Å². The Kier molecular flexibility index (Phi) is 4.34. The molecule has 0 spiro atoms. The number of hydrogen-bond acceptors (Lipinski definition) is 0. The molecule has 0 saturated heterocycles. The predicted molar refractivity (Wildman–Crippen MR) is 90.1 cm³/mol. The first-order valence-electron chi connectivity index (χ1n) is 10.3. The maximum absolute atomic E-state index is 2.66. The summed E-state index contributed by atoms with van der Waals surface area (Å²) in [5.74, 6) is 7.84. The Hall–Kier alpha value is 0. The van der Waals surface area contributed by atoms with Gasteiger partial charge in [0.2, 0.25) is 0 Å². The molecule has 4 fully saturated rings. The van der Waals surface area contributed by atoms with Crippen LogP contribution in [0.3, 0.4) is 0 Å². The lowest BCUT2D eigenvalue weighted by Crippen LogP contribution is -2.34. The third kappa shape index (κ3) is 2.70. The van der Waals surface area contributed by atoms with Gasteiger partial charge in [-0.15, -0.1) is 0 Å². The molecule has 6 unspecified atom stereocenters. The first-order chi connectivity index (χ1) is 10.3. The van der Waals surface area contributed by atoms with Gasteiger partial charge in [0.05, 0.1) is 0 Å². The second-order valence-electron chi connectivity index (χ2n) is 9.12. The molecule has 4 saturated carbocycles. The zero-order valence-corrected chi connectivity index (χ0v) is 14.2. The van der Waals surface area contributed by atoms with E-state index in [1.165, 1.54) is 19.3 Å². The van der Waals surface area contributed by atoms with Crippen molar-refractivity contribution in [1.82, 2.24) is 0 Å². The number of fused-ring (bicyclic) bond motifs is 3. The zero-order chi connectivity index (χ0) is 14.2. The van der Waals surface area contributed by atoms with E-state index in [0.29, 0.717) is 0 Å². The van der Waals surface area contributed by atoms with E-state index in [1.807, 2.05) is 0 Å². The van der Waals surface area contributed by atoms with E-state index in [4.69, 9.17) is 0 Å². The maximum atomic E-state index is 2.66. The molecule has 6 atom stereocenters. The van der Waals surface area contributed by atoms with Gasteiger partial charge in [0.1, 0.15) is 0 Å². The van der Waals surface area contributed by atoms with Gasteiger partial charge in [-0.1, -0.05) is 64.7 Å². The van der Waals surface area contributed by atoms with Crippen LogP contribution in [0, 0.1) is 41.4 Å². The van der Waals surface area contributed by atoms with E-state index in [2.05, 4.69) is 6.92 Å². The third-order valence-corrected chi connectivity index (χ3v) is 8.34. The van der Waals surface area contributed by atoms with Gasteiger partial charge >= 0.3 is 0 Å². The third-order valence-electron chi connectivity index (χ3n) is 8.34. The highest BCUT2D eigenvalue weighted by molar-refractivity contribution is 4.99. The summed E-state index contributed by atoms with van der Waals surface area (Å²) < 4.78 is 0. The smallest absolute Gasteiger partial charge is 0.0349 e. The normalized spacial score (nSPS) is 45.9. The molecule has 0 amide bonds. The second kappa shape index (κ2) is 6.25. The van der Waals surface area contributed by atoms with Crippen molar-refractivity contribution in [3.05, 3.63) is 0 Å². The fourth-order valence-corrected chi connectivity index (χ4v) is 7.32. The molecule has 0 aromatic heterocycles. The van der Waals surface area contributed by atoms with Crippen molar-refractivity contribution in [3.63, 3.8) is 0 Å². The number of hydrogen-bond donors (Lipinski definition) is 0. The van der Waals surface area contributed by atoms with Crippen LogP contribution in [0.5, 0.6) is 0 Å². The van der Waals surface area contributed by atoms with E-state index in [1.54, 1.807) is 64.2 Å². The van der Waals surface area contributed by atoms with Crippen LogP contribution < -0.4 is 0 Å². The Morgan fingerprint density at radius 3 is 2.19 bits per heavy atom. The van der Waals surface area contributed by atoms with Crippen LogP contribution in [0.4, 0.5) is 0 Å². The molecule has 0 radical (unpaired) electrons. The van der Waals surface area contributed by atoms with E-state index in [0.717, 1.165) is 41.4 Å². The number of rotatable bonds is 2. The molecular formula is C21H36. The molecule has 21 heavy (non-hydrogen) atoms. The second-order valence-corrected chi connectivity index (χ2v) is 9.12. The fraction of sp³-hybridized carbons (Fsp3) is 1.00. The molecule has 0 nitrogen and oxygen atoms in total. The Morgan fingerprint density at radius 2 is 1.33 bits per heavy atom. The highest BCUT2D eigenvalue weighted by atomic mass is 14.5. The molecule has 0 aromatic carbocycles. The fourth-order valence-electron chi connectivity index (χ4n) is 7.32. The molecule has 4 aliphatic carbocycles. The Balaban J connectivity index is 1.47. The van der Waals surface area contributed by atoms with Crippen LogP contribution in [0.15, 0.2) is 0 Å². The molecule has 0 heterocycles. The van der Waals surface area contributed by atoms with Gasteiger partial charge in [-0.05, 0) is 67.1 Å². The first kappa shape index (κ1) is 14.6. The summed E-state index contributed by atoms with van der Waals surface area (Å²) in [5.41, 5.74) is 0. The van der Waals surface area contributed by atoms with Crippen molar-refractivity contribution in [1.29, 1.82) is 0 Å². The van der Waals surface area contributed by atoms with E-state index in [9.17, 15) is 0 Å². The Morgan fingerprint density at radius 1 is 0.619 bits per heavy atom. The first-order valence-corrected chi connectivity index (χ1v) is 10.3. The maximum Gasteiger partial charge on any atom is -0.0349 e. The molecule has 4 rings (SSSR count). The van der Waals surface area contributed by atoms with Crippen LogP contribution >= 0.6 is 0 Å². The molecule has 0 heteroatoms. The van der Waals surface area contributed by atoms with Gasteiger partial charge in [0.25, 0.3) is 0 Å². The predicted octanol–water partition coefficient (Wildman–Crippen LogP) is 6.45. The lowest BCUT2D eigenvalue weighted by molar-refractivity contribution is 0.0681. The molecule has 0 N–H and O–H groups in total. The zero-order valence-electron chi connectivity index (χ0n) is 14.2. The highest BCUT2D eigenvalue weighted by Crippen LogP contribution is 2.58. The minimum absolute atomic E-state index is 1.04. The summed E-state index contributed by atoms with van der Waals surface area (Å²) in [6.45, 7) is 2.66. The summed E-state index contributed by atoms with van der Waals surface area (Å²) in [6.07, 6.45) is 20.3. The SMILES string of the molecule is CC(C1CCCCC1)C1CCCC2C3CCCCC3CC12. The van der Waals surface area contributed by atoms with Crippen molar-refractivity contribution in [2.24, 2.45) is 41.4 Å². The standard InChI is InChI=1S/C21H36/c1-15(16-8-3-2-4-9-16)18-12-7-13-20-19-11-6-5-10-17(19)14-21(18)20/h15-21H,2-14H2,1H3. The van der Waals surface area contributed by atoms with Gasteiger partial charge in [-0.3, -0.25) is 0 Å². The Bertz CT molecular complexity index is 340. The molecular weight excluding hydrogens is 252 g/mol. The Labute approximate surface area is 132 Å². The van der Waals surface area contributed by atoms with Crippen LogP contribution in [0.25, 0.3) is 0 Å². The van der Waals surface area contributed by atoms with Crippen molar-refractivity contribution >= 4 is 0 Å². The van der Waals surface area contributed by atoms with Crippen LogP contribution in [0.2, 0.25) is 0 Å². The minimum Gasteiger partial charge on any atom is -0.0620 e. The van der Waals surface area contributed by atoms with Crippen LogP contribution in [-0.4, -0.2) is 0 Å². The lowest BCUT2D eigenvalue weighted by atomic mass is 9.63. The van der Waals surface area contributed by atoms with E-state index >= 15 is 0 Å². The molecule has 0 bridgehead atoms. The topological polar surface area (TPSA) is 0 Å². The summed E-state index contributed by atoms with van der Waals surface area (Å²) in [5, 5.41) is 0. The lowest BCUT2D eigenvalue weighted by Gasteiger charge is -2.43. The summed E-state index contributed by atoms with van der Waals surface area (Å²) >= 11 is 0. The van der Waals surface area contributed by atoms with Crippen molar-refractivity contribution < 1.29 is 0 Å². The van der Waals surface area contributed by atoms with Crippen molar-refractivity contribution in [2.45, 2.75) is 90.4 Å². The average molecular weight is 289 g/mol. The summed E-state index contributed by atoms with van der Waals surface area (Å²) in [7, 11) is 0. The van der Waals surface area contributed by atoms with Gasteiger partial charge in [-0.25, -0.2) is 0 Å². The highest BCUT2D eigenvalue weighted by Gasteiger charge is 2.49. The summed E-state index contributed by atoms with van der Waals surface area (Å²) in [4.78, 5) is 0. The van der Waals surface area contributed by atoms with Gasteiger partial charge in [-0.2, -0.15) is 0 Å². The minimum atomic E-state index is 1.04. The van der Waals surface area contributed by atoms with Crippen molar-refractivity contribution in [2.75, 3.05) is 0 Å². The van der Waals surface area contributed by atoms with Gasteiger partial charge < -0.3 is 0 Å². The van der Waals surface area contributed by atoms with E-state index in [-0.39, 0.29) is 0 Å². The summed E-state index contributed by atoms with van der Waals surface area (Å²) in [6, 6.07) is 0. The van der Waals surface area contributed by atoms with Gasteiger partial charge in [0, 0.05) is 0 Å². The van der Waals surface area contributed by atoms with E-state index < -0.39 is 0 Å². The molecule has 4 aliphatic rings. The largest absolute Gasteiger partial charge is 0.0620 e. The van der Waals surface area contributed by atoms with Crippen LogP contribution in [0.1, 0.15) is 90.4 Å². The monoisotopic (exact) mass is 288 g/mol. The quantitative estimate of drug-likeness (QED) is 0.548. The van der Waals surface area contributed by atoms with Crippen LogP contribution in [-0.2, 0) is 0 Å². The van der Waals surface area contributed by atoms with Gasteiger partial charge in [0.15, 0.2) is 0 Å². The molecule has 0 aromatic rings. The molecule has 120 valence electrons.